The maximum Gasteiger partial charge on any atom is 0.635 e. The van der Waals surface area contributed by atoms with E-state index in [0.717, 1.165) is 0 Å². The Bertz CT molecular complexity index is 83.8. The van der Waals surface area contributed by atoms with Crippen LogP contribution >= 0.6 is 12.4 Å². The lowest BCUT2D eigenvalue weighted by molar-refractivity contribution is 0.107. The van der Waals surface area contributed by atoms with Gasteiger partial charge < -0.3 is 20.4 Å². The first kappa shape index (κ1) is 13.8. The Morgan fingerprint density at radius 1 is 1.45 bits per heavy atom. The molecule has 0 amide bonds. The largest absolute Gasteiger partial charge is 0.635 e. The van der Waals surface area contributed by atoms with Crippen molar-refractivity contribution in [3.63, 3.8) is 0 Å². The van der Waals surface area contributed by atoms with Crippen LogP contribution in [-0.2, 0) is 4.65 Å². The second-order valence-corrected chi connectivity index (χ2v) is 2.63. The number of rotatable bonds is 4. The van der Waals surface area contributed by atoms with Gasteiger partial charge in [-0.3, -0.25) is 0 Å². The van der Waals surface area contributed by atoms with Crippen molar-refractivity contribution >= 4 is 19.7 Å². The molecule has 0 aliphatic rings. The third kappa shape index (κ3) is 10.2. The summed E-state index contributed by atoms with van der Waals surface area (Å²) in [4.78, 5) is 0. The number of nitrogens with two attached hydrogens (primary N) is 1. The predicted octanol–water partition coefficient (Wildman–Crippen LogP) is -0.275. The van der Waals surface area contributed by atoms with Crippen molar-refractivity contribution < 1.29 is 14.7 Å². The third-order valence-corrected chi connectivity index (χ3v) is 1.00. The molecule has 0 aliphatic carbocycles. The quantitative estimate of drug-likeness (QED) is 0.414. The maximum atomic E-state index is 8.29. The first-order valence-corrected chi connectivity index (χ1v) is 3.29. The lowest BCUT2D eigenvalue weighted by Crippen LogP contribution is -2.33. The van der Waals surface area contributed by atoms with Crippen molar-refractivity contribution in [1.82, 2.24) is 0 Å². The molecule has 0 radical (unpaired) electrons. The summed E-state index contributed by atoms with van der Waals surface area (Å²) in [6.07, 6.45) is 0.0393. The van der Waals surface area contributed by atoms with E-state index in [1.165, 1.54) is 0 Å². The molecule has 11 heavy (non-hydrogen) atoms. The highest BCUT2D eigenvalue weighted by atomic mass is 35.5. The van der Waals surface area contributed by atoms with Crippen LogP contribution in [-0.4, -0.2) is 23.6 Å². The van der Waals surface area contributed by atoms with Crippen LogP contribution < -0.4 is 5.73 Å². The molecule has 0 unspecified atom stereocenters. The van der Waals surface area contributed by atoms with Crippen LogP contribution in [0, 0.1) is 5.92 Å². The van der Waals surface area contributed by atoms with Gasteiger partial charge in [-0.25, -0.2) is 0 Å². The lowest BCUT2D eigenvalue weighted by Gasteiger charge is -2.13. The number of hydrogen-bond acceptors (Lipinski definition) is 4. The van der Waals surface area contributed by atoms with Gasteiger partial charge in [0.2, 0.25) is 0 Å². The monoisotopic (exact) mass is 183 g/mol. The second kappa shape index (κ2) is 6.88. The van der Waals surface area contributed by atoms with E-state index in [1.807, 2.05) is 13.8 Å². The minimum absolute atomic E-state index is 0. The zero-order chi connectivity index (χ0) is 8.15. The summed E-state index contributed by atoms with van der Waals surface area (Å²) < 4.78 is 4.45. The van der Waals surface area contributed by atoms with Crippen LogP contribution in [0.3, 0.4) is 0 Å². The SMILES string of the molecule is CC(C)C[C@H](N)OB(O)O.Cl. The molecule has 0 spiro atoms. The minimum Gasteiger partial charge on any atom is -0.402 e. The molecule has 0 heterocycles. The van der Waals surface area contributed by atoms with Crippen molar-refractivity contribution in [3.8, 4) is 0 Å². The minimum atomic E-state index is -1.76. The summed E-state index contributed by atoms with van der Waals surface area (Å²) in [5, 5.41) is 16.6. The van der Waals surface area contributed by atoms with Crippen molar-refractivity contribution in [2.45, 2.75) is 26.5 Å². The fraction of sp³-hybridized carbons (Fsp3) is 1.00. The first-order valence-electron chi connectivity index (χ1n) is 3.29. The van der Waals surface area contributed by atoms with Crippen LogP contribution in [0.25, 0.3) is 0 Å². The number of halogens is 1. The fourth-order valence-electron chi connectivity index (χ4n) is 0.677. The van der Waals surface area contributed by atoms with E-state index >= 15 is 0 Å². The molecule has 0 aliphatic heterocycles. The third-order valence-electron chi connectivity index (χ3n) is 1.00. The molecule has 0 fully saturated rings. The molecule has 0 bridgehead atoms. The molecule has 0 aromatic carbocycles. The molecule has 4 nitrogen and oxygen atoms in total. The van der Waals surface area contributed by atoms with Crippen LogP contribution in [0.2, 0.25) is 0 Å². The van der Waals surface area contributed by atoms with Gasteiger partial charge >= 0.3 is 7.32 Å². The lowest BCUT2D eigenvalue weighted by atomic mass is 10.1. The van der Waals surface area contributed by atoms with Gasteiger partial charge in [0.05, 0.1) is 6.23 Å². The first-order chi connectivity index (χ1) is 4.52. The Kier molecular flexibility index (Phi) is 8.60. The van der Waals surface area contributed by atoms with E-state index in [-0.39, 0.29) is 12.4 Å². The molecule has 68 valence electrons. The smallest absolute Gasteiger partial charge is 0.402 e. The highest BCUT2D eigenvalue weighted by Crippen LogP contribution is 2.03. The average Bonchev–Trinajstić information content (AvgIpc) is 1.58. The van der Waals surface area contributed by atoms with E-state index in [1.54, 1.807) is 0 Å². The van der Waals surface area contributed by atoms with Gasteiger partial charge in [0.15, 0.2) is 0 Å². The van der Waals surface area contributed by atoms with Crippen LogP contribution in [0.5, 0.6) is 0 Å². The Morgan fingerprint density at radius 3 is 2.18 bits per heavy atom. The molecule has 6 heteroatoms. The van der Waals surface area contributed by atoms with Crippen LogP contribution in [0.15, 0.2) is 0 Å². The van der Waals surface area contributed by atoms with E-state index in [4.69, 9.17) is 15.8 Å². The molecule has 0 aromatic rings. The van der Waals surface area contributed by atoms with Gasteiger partial charge in [0.25, 0.3) is 0 Å². The predicted molar refractivity (Wildman–Crippen MR) is 46.0 cm³/mol. The molecular formula is C5H15BClNO3. The zero-order valence-corrected chi connectivity index (χ0v) is 7.54. The van der Waals surface area contributed by atoms with E-state index in [9.17, 15) is 0 Å². The van der Waals surface area contributed by atoms with Gasteiger partial charge in [0, 0.05) is 0 Å². The summed E-state index contributed by atoms with van der Waals surface area (Å²) in [7, 11) is -1.76. The normalized spacial score (nSPS) is 12.5. The Hall–Kier alpha value is 0.195. The van der Waals surface area contributed by atoms with Crippen molar-refractivity contribution in [2.24, 2.45) is 11.7 Å². The van der Waals surface area contributed by atoms with Gasteiger partial charge in [0.1, 0.15) is 0 Å². The van der Waals surface area contributed by atoms with Gasteiger partial charge in [-0.05, 0) is 12.3 Å². The zero-order valence-electron chi connectivity index (χ0n) is 6.73. The second-order valence-electron chi connectivity index (χ2n) is 2.63. The van der Waals surface area contributed by atoms with E-state index in [0.29, 0.717) is 12.3 Å². The van der Waals surface area contributed by atoms with E-state index < -0.39 is 13.5 Å². The Balaban J connectivity index is 0. The highest BCUT2D eigenvalue weighted by Gasteiger charge is 2.14. The molecule has 0 saturated heterocycles. The van der Waals surface area contributed by atoms with Crippen LogP contribution in [0.4, 0.5) is 0 Å². The summed E-state index contributed by atoms with van der Waals surface area (Å²) in [5.41, 5.74) is 5.33. The molecule has 1 atom stereocenters. The molecule has 0 aromatic heterocycles. The molecule has 0 rings (SSSR count). The fourth-order valence-corrected chi connectivity index (χ4v) is 0.677. The van der Waals surface area contributed by atoms with Crippen molar-refractivity contribution in [2.75, 3.05) is 0 Å². The van der Waals surface area contributed by atoms with Gasteiger partial charge in [-0.1, -0.05) is 13.8 Å². The van der Waals surface area contributed by atoms with Gasteiger partial charge in [-0.15, -0.1) is 12.4 Å². The topological polar surface area (TPSA) is 75.7 Å². The number of hydrogen-bond donors (Lipinski definition) is 3. The summed E-state index contributed by atoms with van der Waals surface area (Å²) in [6, 6.07) is 0. The Morgan fingerprint density at radius 2 is 1.91 bits per heavy atom. The molecular weight excluding hydrogens is 168 g/mol. The summed E-state index contributed by atoms with van der Waals surface area (Å²) in [5.74, 6) is 0.397. The average molecular weight is 183 g/mol. The van der Waals surface area contributed by atoms with Gasteiger partial charge in [-0.2, -0.15) is 0 Å². The van der Waals surface area contributed by atoms with Crippen molar-refractivity contribution in [3.05, 3.63) is 0 Å². The summed E-state index contributed by atoms with van der Waals surface area (Å²) >= 11 is 0. The Labute approximate surface area is 73.3 Å². The summed E-state index contributed by atoms with van der Waals surface area (Å²) in [6.45, 7) is 3.96. The molecule has 4 N–H and O–H groups in total. The standard InChI is InChI=1S/C5H14BNO3.ClH/c1-4(2)3-5(7)10-6(8)9;/h4-5,8-9H,3,7H2,1-2H3;1H/t5-;/m1./s1. The van der Waals surface area contributed by atoms with Crippen LogP contribution in [0.1, 0.15) is 20.3 Å². The maximum absolute atomic E-state index is 8.29. The highest BCUT2D eigenvalue weighted by molar-refractivity contribution is 6.32. The molecule has 0 saturated carbocycles. The van der Waals surface area contributed by atoms with E-state index in [2.05, 4.69) is 4.65 Å². The van der Waals surface area contributed by atoms with Crippen molar-refractivity contribution in [1.29, 1.82) is 0 Å².